The number of pyridine rings is 1. The summed E-state index contributed by atoms with van der Waals surface area (Å²) in [6, 6.07) is 7.49. The minimum absolute atomic E-state index is 0.174. The lowest BCUT2D eigenvalue weighted by molar-refractivity contribution is 0.298. The van der Waals surface area contributed by atoms with Gasteiger partial charge in [0, 0.05) is 27.8 Å². The Morgan fingerprint density at radius 2 is 2.14 bits per heavy atom. The molecule has 0 aliphatic heterocycles. The molecule has 2 aromatic rings. The highest BCUT2D eigenvalue weighted by molar-refractivity contribution is 9.10. The van der Waals surface area contributed by atoms with Crippen LogP contribution in [0.1, 0.15) is 31.0 Å². The average Bonchev–Trinajstić information content (AvgIpc) is 2.46. The van der Waals surface area contributed by atoms with Crippen molar-refractivity contribution in [3.8, 4) is 5.75 Å². The predicted octanol–water partition coefficient (Wildman–Crippen LogP) is 4.23. The summed E-state index contributed by atoms with van der Waals surface area (Å²) >= 11 is 3.48. The second-order valence-corrected chi connectivity index (χ2v) is 5.68. The summed E-state index contributed by atoms with van der Waals surface area (Å²) in [7, 11) is 0. The molecule has 1 aromatic carbocycles. The fourth-order valence-corrected chi connectivity index (χ4v) is 2.48. The van der Waals surface area contributed by atoms with Gasteiger partial charge in [0.1, 0.15) is 18.2 Å². The largest absolute Gasteiger partial charge is 0.489 e. The van der Waals surface area contributed by atoms with Gasteiger partial charge in [-0.15, -0.1) is 0 Å². The van der Waals surface area contributed by atoms with E-state index < -0.39 is 0 Å². The van der Waals surface area contributed by atoms with Gasteiger partial charge < -0.3 is 10.1 Å². The first kappa shape index (κ1) is 15.9. The Bertz CT molecular complexity index is 607. The summed E-state index contributed by atoms with van der Waals surface area (Å²) in [6.07, 6.45) is 2.79. The van der Waals surface area contributed by atoms with Crippen LogP contribution in [0.3, 0.4) is 0 Å². The van der Waals surface area contributed by atoms with E-state index in [1.165, 1.54) is 12.3 Å². The van der Waals surface area contributed by atoms with Crippen LogP contribution in [0.4, 0.5) is 4.39 Å². The molecule has 3 nitrogen and oxygen atoms in total. The number of nitrogens with zero attached hydrogens (tertiary/aromatic N) is 1. The number of nitrogens with one attached hydrogen (secondary N) is 1. The lowest BCUT2D eigenvalue weighted by Gasteiger charge is -2.18. The molecule has 2 rings (SSSR count). The lowest BCUT2D eigenvalue weighted by atomic mass is 10.1. The monoisotopic (exact) mass is 352 g/mol. The van der Waals surface area contributed by atoms with Gasteiger partial charge >= 0.3 is 0 Å². The quantitative estimate of drug-likeness (QED) is 0.844. The van der Waals surface area contributed by atoms with Crippen molar-refractivity contribution >= 4 is 15.9 Å². The molecule has 1 N–H and O–H groups in total. The molecule has 0 fully saturated rings. The highest BCUT2D eigenvalue weighted by atomic mass is 79.9. The van der Waals surface area contributed by atoms with Crippen LogP contribution < -0.4 is 10.1 Å². The van der Waals surface area contributed by atoms with Crippen molar-refractivity contribution in [2.75, 3.05) is 6.54 Å². The second-order valence-electron chi connectivity index (χ2n) is 4.76. The molecule has 1 atom stereocenters. The first-order valence-corrected chi connectivity index (χ1v) is 7.64. The summed E-state index contributed by atoms with van der Waals surface area (Å²) in [6.45, 7) is 5.31. The normalized spacial score (nSPS) is 12.2. The number of ether oxygens (including phenoxy) is 1. The Kier molecular flexibility index (Phi) is 5.70. The molecular formula is C16H18BrFN2O. The van der Waals surface area contributed by atoms with Crippen molar-refractivity contribution in [2.45, 2.75) is 26.5 Å². The number of halogens is 2. The van der Waals surface area contributed by atoms with Crippen LogP contribution in [0.25, 0.3) is 0 Å². The lowest BCUT2D eigenvalue weighted by Crippen LogP contribution is -2.18. The molecule has 0 radical (unpaired) electrons. The zero-order chi connectivity index (χ0) is 15.2. The van der Waals surface area contributed by atoms with Gasteiger partial charge in [0.05, 0.1) is 6.20 Å². The van der Waals surface area contributed by atoms with Crippen molar-refractivity contribution in [1.29, 1.82) is 0 Å². The van der Waals surface area contributed by atoms with Crippen LogP contribution in [-0.2, 0) is 6.61 Å². The smallest absolute Gasteiger partial charge is 0.141 e. The van der Waals surface area contributed by atoms with Crippen LogP contribution in [0.15, 0.2) is 41.1 Å². The summed E-state index contributed by atoms with van der Waals surface area (Å²) in [5.41, 5.74) is 1.77. The molecule has 1 heterocycles. The van der Waals surface area contributed by atoms with E-state index in [2.05, 4.69) is 40.1 Å². The van der Waals surface area contributed by atoms with Gasteiger partial charge in [-0.2, -0.15) is 0 Å². The number of rotatable bonds is 6. The van der Waals surface area contributed by atoms with E-state index in [0.29, 0.717) is 5.56 Å². The fraction of sp³-hybridized carbons (Fsp3) is 0.312. The molecular weight excluding hydrogens is 335 g/mol. The topological polar surface area (TPSA) is 34.1 Å². The summed E-state index contributed by atoms with van der Waals surface area (Å²) in [5, 5.41) is 3.36. The van der Waals surface area contributed by atoms with Gasteiger partial charge in [-0.25, -0.2) is 4.39 Å². The van der Waals surface area contributed by atoms with E-state index >= 15 is 0 Å². The third-order valence-electron chi connectivity index (χ3n) is 3.10. The van der Waals surface area contributed by atoms with Gasteiger partial charge in [-0.05, 0) is 37.7 Å². The van der Waals surface area contributed by atoms with Gasteiger partial charge in [-0.1, -0.05) is 22.9 Å². The maximum absolute atomic E-state index is 13.1. The highest BCUT2D eigenvalue weighted by Crippen LogP contribution is 2.29. The van der Waals surface area contributed by atoms with E-state index in [9.17, 15) is 4.39 Å². The Balaban J connectivity index is 2.15. The Morgan fingerprint density at radius 3 is 2.86 bits per heavy atom. The number of aromatic nitrogens is 1. The predicted molar refractivity (Wildman–Crippen MR) is 84.8 cm³/mol. The molecule has 0 bridgehead atoms. The third kappa shape index (κ3) is 4.51. The van der Waals surface area contributed by atoms with Crippen molar-refractivity contribution < 1.29 is 9.13 Å². The van der Waals surface area contributed by atoms with E-state index in [4.69, 9.17) is 4.74 Å². The molecule has 1 unspecified atom stereocenters. The van der Waals surface area contributed by atoms with Crippen molar-refractivity contribution in [1.82, 2.24) is 10.3 Å². The van der Waals surface area contributed by atoms with Crippen LogP contribution in [0.2, 0.25) is 0 Å². The van der Waals surface area contributed by atoms with Gasteiger partial charge in [-0.3, -0.25) is 4.98 Å². The summed E-state index contributed by atoms with van der Waals surface area (Å²) in [5.74, 6) is 0.434. The molecule has 0 spiro atoms. The molecule has 0 aliphatic rings. The zero-order valence-corrected chi connectivity index (χ0v) is 13.7. The fourth-order valence-electron chi connectivity index (χ4n) is 2.10. The number of benzene rings is 1. The number of hydrogen-bond donors (Lipinski definition) is 1. The van der Waals surface area contributed by atoms with Crippen molar-refractivity contribution in [3.63, 3.8) is 0 Å². The van der Waals surface area contributed by atoms with E-state index in [-0.39, 0.29) is 18.5 Å². The Hall–Kier alpha value is -1.46. The zero-order valence-electron chi connectivity index (χ0n) is 12.1. The van der Waals surface area contributed by atoms with E-state index in [0.717, 1.165) is 22.3 Å². The maximum atomic E-state index is 13.1. The molecule has 5 heteroatoms. The highest BCUT2D eigenvalue weighted by Gasteiger charge is 2.12. The van der Waals surface area contributed by atoms with Crippen LogP contribution >= 0.6 is 15.9 Å². The van der Waals surface area contributed by atoms with Crippen LogP contribution in [-0.4, -0.2) is 11.5 Å². The molecule has 0 amide bonds. The number of hydrogen-bond acceptors (Lipinski definition) is 3. The van der Waals surface area contributed by atoms with Crippen molar-refractivity contribution in [3.05, 3.63) is 58.1 Å². The van der Waals surface area contributed by atoms with Crippen LogP contribution in [0, 0.1) is 5.82 Å². The minimum atomic E-state index is -0.354. The maximum Gasteiger partial charge on any atom is 0.141 e. The molecule has 21 heavy (non-hydrogen) atoms. The van der Waals surface area contributed by atoms with Crippen molar-refractivity contribution in [2.24, 2.45) is 0 Å². The second kappa shape index (κ2) is 7.52. The Labute approximate surface area is 132 Å². The van der Waals surface area contributed by atoms with E-state index in [1.807, 2.05) is 18.2 Å². The Morgan fingerprint density at radius 1 is 1.33 bits per heavy atom. The molecule has 0 aliphatic carbocycles. The van der Waals surface area contributed by atoms with Gasteiger partial charge in [0.2, 0.25) is 0 Å². The first-order chi connectivity index (χ1) is 10.1. The van der Waals surface area contributed by atoms with Gasteiger partial charge in [0.25, 0.3) is 0 Å². The standard InChI is InChI=1S/C16H18BrFN2O/c1-3-20-11(2)15-7-13(17)4-5-16(15)21-10-12-6-14(18)9-19-8-12/h4-9,11,20H,3,10H2,1-2H3. The molecule has 0 saturated heterocycles. The average molecular weight is 353 g/mol. The summed E-state index contributed by atoms with van der Waals surface area (Å²) < 4.78 is 20.0. The first-order valence-electron chi connectivity index (χ1n) is 6.85. The van der Waals surface area contributed by atoms with E-state index in [1.54, 1.807) is 6.20 Å². The molecule has 112 valence electrons. The summed E-state index contributed by atoms with van der Waals surface area (Å²) in [4.78, 5) is 3.82. The van der Waals surface area contributed by atoms with Gasteiger partial charge in [0.15, 0.2) is 0 Å². The van der Waals surface area contributed by atoms with Crippen LogP contribution in [0.5, 0.6) is 5.75 Å². The molecule has 1 aromatic heterocycles. The SMILES string of the molecule is CCNC(C)c1cc(Br)ccc1OCc1cncc(F)c1. The molecule has 0 saturated carbocycles. The third-order valence-corrected chi connectivity index (χ3v) is 3.60. The minimum Gasteiger partial charge on any atom is -0.489 e.